The van der Waals surface area contributed by atoms with E-state index in [0.717, 1.165) is 18.5 Å². The van der Waals surface area contributed by atoms with Crippen molar-refractivity contribution in [3.05, 3.63) is 34.6 Å². The number of carboxylic acid groups (broad SMARTS) is 1. The Morgan fingerprint density at radius 2 is 2.32 bits per heavy atom. The minimum Gasteiger partial charge on any atom is -0.481 e. The van der Waals surface area contributed by atoms with Crippen LogP contribution in [0.1, 0.15) is 25.3 Å². The number of benzene rings is 1. The fourth-order valence-electron chi connectivity index (χ4n) is 2.64. The number of carboxylic acids is 1. The number of aliphatic carboxylic acids is 1. The minimum absolute atomic E-state index is 0.0370. The van der Waals surface area contributed by atoms with Gasteiger partial charge >= 0.3 is 5.97 Å². The van der Waals surface area contributed by atoms with Crippen LogP contribution >= 0.6 is 11.6 Å². The van der Waals surface area contributed by atoms with E-state index in [9.17, 15) is 9.18 Å². The van der Waals surface area contributed by atoms with Gasteiger partial charge in [-0.05, 0) is 44.0 Å². The highest BCUT2D eigenvalue weighted by Crippen LogP contribution is 2.26. The van der Waals surface area contributed by atoms with Gasteiger partial charge in [-0.1, -0.05) is 17.7 Å². The van der Waals surface area contributed by atoms with Crippen LogP contribution in [-0.2, 0) is 11.3 Å². The lowest BCUT2D eigenvalue weighted by molar-refractivity contribution is -0.145. The Bertz CT molecular complexity index is 481. The fourth-order valence-corrected chi connectivity index (χ4v) is 2.76. The van der Waals surface area contributed by atoms with E-state index < -0.39 is 11.8 Å². The van der Waals surface area contributed by atoms with E-state index in [1.807, 2.05) is 6.92 Å². The smallest absolute Gasteiger partial charge is 0.308 e. The molecule has 1 aliphatic rings. The predicted octanol–water partition coefficient (Wildman–Crippen LogP) is 3.16. The fraction of sp³-hybridized carbons (Fsp3) is 0.500. The molecule has 19 heavy (non-hydrogen) atoms. The molecule has 1 N–H and O–H groups in total. The Kier molecular flexibility index (Phi) is 4.42. The van der Waals surface area contributed by atoms with Crippen molar-refractivity contribution in [2.75, 3.05) is 6.54 Å². The van der Waals surface area contributed by atoms with E-state index in [1.165, 1.54) is 12.1 Å². The average molecular weight is 286 g/mol. The molecule has 104 valence electrons. The SMILES string of the molecule is C[C@@H]1[C@H](C(=O)O)CCCN1Cc1ccc(Cl)c(F)c1. The molecular formula is C14H17ClFNO2. The molecule has 0 saturated carbocycles. The largest absolute Gasteiger partial charge is 0.481 e. The molecule has 0 spiro atoms. The van der Waals surface area contributed by atoms with E-state index in [-0.39, 0.29) is 17.0 Å². The number of nitrogens with zero attached hydrogens (tertiary/aromatic N) is 1. The molecular weight excluding hydrogens is 269 g/mol. The molecule has 1 aromatic rings. The third-order valence-electron chi connectivity index (χ3n) is 3.81. The van der Waals surface area contributed by atoms with E-state index in [4.69, 9.17) is 16.7 Å². The summed E-state index contributed by atoms with van der Waals surface area (Å²) in [5.74, 6) is -1.52. The van der Waals surface area contributed by atoms with Crippen molar-refractivity contribution in [2.24, 2.45) is 5.92 Å². The molecule has 1 aliphatic heterocycles. The molecule has 1 saturated heterocycles. The Labute approximate surface area is 117 Å². The number of likely N-dealkylation sites (tertiary alicyclic amines) is 1. The summed E-state index contributed by atoms with van der Waals surface area (Å²) in [6.45, 7) is 3.32. The van der Waals surface area contributed by atoms with Crippen LogP contribution < -0.4 is 0 Å². The maximum absolute atomic E-state index is 13.4. The predicted molar refractivity (Wildman–Crippen MR) is 71.6 cm³/mol. The normalized spacial score (nSPS) is 24.4. The molecule has 1 heterocycles. The van der Waals surface area contributed by atoms with Crippen molar-refractivity contribution in [1.29, 1.82) is 0 Å². The van der Waals surface area contributed by atoms with Crippen molar-refractivity contribution in [1.82, 2.24) is 4.90 Å². The molecule has 0 radical (unpaired) electrons. The number of rotatable bonds is 3. The molecule has 3 nitrogen and oxygen atoms in total. The topological polar surface area (TPSA) is 40.5 Å². The summed E-state index contributed by atoms with van der Waals surface area (Å²) in [6, 6.07) is 4.70. The molecule has 5 heteroatoms. The maximum Gasteiger partial charge on any atom is 0.308 e. The third kappa shape index (κ3) is 3.25. The molecule has 2 atom stereocenters. The molecule has 0 amide bonds. The summed E-state index contributed by atoms with van der Waals surface area (Å²) in [4.78, 5) is 13.2. The monoisotopic (exact) mass is 285 g/mol. The van der Waals surface area contributed by atoms with Gasteiger partial charge in [0.2, 0.25) is 0 Å². The molecule has 2 rings (SSSR count). The molecule has 0 unspecified atom stereocenters. The Morgan fingerprint density at radius 3 is 2.95 bits per heavy atom. The van der Waals surface area contributed by atoms with Crippen molar-refractivity contribution >= 4 is 17.6 Å². The number of hydrogen-bond donors (Lipinski definition) is 1. The Hall–Kier alpha value is -1.13. The summed E-state index contributed by atoms with van der Waals surface area (Å²) < 4.78 is 13.4. The van der Waals surface area contributed by atoms with Gasteiger partial charge in [-0.25, -0.2) is 4.39 Å². The quantitative estimate of drug-likeness (QED) is 0.927. The van der Waals surface area contributed by atoms with Gasteiger partial charge < -0.3 is 5.11 Å². The number of halogens is 2. The first kappa shape index (κ1) is 14.3. The number of piperidine rings is 1. The zero-order valence-corrected chi connectivity index (χ0v) is 11.5. The van der Waals surface area contributed by atoms with Gasteiger partial charge in [0, 0.05) is 12.6 Å². The second kappa shape index (κ2) is 5.88. The van der Waals surface area contributed by atoms with Crippen LogP contribution in [0.4, 0.5) is 4.39 Å². The number of hydrogen-bond acceptors (Lipinski definition) is 2. The highest BCUT2D eigenvalue weighted by atomic mass is 35.5. The molecule has 1 aromatic carbocycles. The zero-order valence-electron chi connectivity index (χ0n) is 10.8. The van der Waals surface area contributed by atoms with Crippen LogP contribution in [0.2, 0.25) is 5.02 Å². The minimum atomic E-state index is -0.750. The van der Waals surface area contributed by atoms with Crippen LogP contribution in [0, 0.1) is 11.7 Å². The summed E-state index contributed by atoms with van der Waals surface area (Å²) in [7, 11) is 0. The summed E-state index contributed by atoms with van der Waals surface area (Å²) in [6.07, 6.45) is 1.57. The van der Waals surface area contributed by atoms with Crippen molar-refractivity contribution in [3.8, 4) is 0 Å². The maximum atomic E-state index is 13.4. The van der Waals surface area contributed by atoms with Crippen LogP contribution in [0.15, 0.2) is 18.2 Å². The van der Waals surface area contributed by atoms with E-state index >= 15 is 0 Å². The van der Waals surface area contributed by atoms with E-state index in [0.29, 0.717) is 13.0 Å². The lowest BCUT2D eigenvalue weighted by Gasteiger charge is -2.37. The first-order chi connectivity index (χ1) is 8.99. The molecule has 0 aliphatic carbocycles. The second-order valence-electron chi connectivity index (χ2n) is 5.05. The lowest BCUT2D eigenvalue weighted by atomic mass is 9.90. The van der Waals surface area contributed by atoms with Gasteiger partial charge in [-0.15, -0.1) is 0 Å². The molecule has 0 bridgehead atoms. The summed E-state index contributed by atoms with van der Waals surface area (Å²) in [5, 5.41) is 9.28. The zero-order chi connectivity index (χ0) is 14.0. The van der Waals surface area contributed by atoms with Gasteiger partial charge in [0.1, 0.15) is 5.82 Å². The van der Waals surface area contributed by atoms with Crippen molar-refractivity contribution in [2.45, 2.75) is 32.4 Å². The Morgan fingerprint density at radius 1 is 1.58 bits per heavy atom. The Balaban J connectivity index is 2.09. The van der Waals surface area contributed by atoms with Crippen molar-refractivity contribution < 1.29 is 14.3 Å². The van der Waals surface area contributed by atoms with E-state index in [1.54, 1.807) is 6.07 Å². The van der Waals surface area contributed by atoms with Crippen LogP contribution in [0.3, 0.4) is 0 Å². The average Bonchev–Trinajstić information content (AvgIpc) is 2.36. The number of carbonyl (C=O) groups is 1. The summed E-state index contributed by atoms with van der Waals surface area (Å²) in [5.41, 5.74) is 0.819. The first-order valence-corrected chi connectivity index (χ1v) is 6.77. The second-order valence-corrected chi connectivity index (χ2v) is 5.45. The first-order valence-electron chi connectivity index (χ1n) is 6.40. The highest BCUT2D eigenvalue weighted by molar-refractivity contribution is 6.30. The van der Waals surface area contributed by atoms with Gasteiger partial charge in [0.05, 0.1) is 10.9 Å². The van der Waals surface area contributed by atoms with Gasteiger partial charge in [-0.2, -0.15) is 0 Å². The lowest BCUT2D eigenvalue weighted by Crippen LogP contribution is -2.45. The van der Waals surface area contributed by atoms with Crippen LogP contribution in [0.25, 0.3) is 0 Å². The van der Waals surface area contributed by atoms with Crippen LogP contribution in [-0.4, -0.2) is 28.6 Å². The van der Waals surface area contributed by atoms with Crippen molar-refractivity contribution in [3.63, 3.8) is 0 Å². The highest BCUT2D eigenvalue weighted by Gasteiger charge is 2.32. The van der Waals surface area contributed by atoms with Crippen LogP contribution in [0.5, 0.6) is 0 Å². The third-order valence-corrected chi connectivity index (χ3v) is 4.11. The van der Waals surface area contributed by atoms with Gasteiger partial charge in [-0.3, -0.25) is 9.69 Å². The molecule has 1 fully saturated rings. The van der Waals surface area contributed by atoms with E-state index in [2.05, 4.69) is 4.90 Å². The van der Waals surface area contributed by atoms with Gasteiger partial charge in [0.15, 0.2) is 0 Å². The molecule has 0 aromatic heterocycles. The standard InChI is InChI=1S/C14H17ClFNO2/c1-9-11(14(18)19)3-2-6-17(9)8-10-4-5-12(15)13(16)7-10/h4-5,7,9,11H,2-3,6,8H2,1H3,(H,18,19)/t9-,11-/m1/s1. The van der Waals surface area contributed by atoms with Gasteiger partial charge in [0.25, 0.3) is 0 Å². The summed E-state index contributed by atoms with van der Waals surface area (Å²) >= 11 is 5.65.